The van der Waals surface area contributed by atoms with Gasteiger partial charge in [0.05, 0.1) is 0 Å². The maximum Gasteiger partial charge on any atom is -0.121 e. The summed E-state index contributed by atoms with van der Waals surface area (Å²) in [6.07, 6.45) is 0. The van der Waals surface area contributed by atoms with E-state index < -0.39 is 4.67 Å². The Balaban J connectivity index is 3.47. The normalized spacial score (nSPS) is 11.8. The summed E-state index contributed by atoms with van der Waals surface area (Å²) in [5, 5.41) is 0. The second-order valence-electron chi connectivity index (χ2n) is 0.469. The molecule has 32 valence electrons. The molecule has 0 aliphatic heterocycles. The number of hydrogen-bond donors (Lipinski definition) is 1. The summed E-state index contributed by atoms with van der Waals surface area (Å²) in [5.41, 5.74) is 0. The van der Waals surface area contributed by atoms with Crippen LogP contribution in [0.1, 0.15) is 0 Å². The fourth-order valence-corrected chi connectivity index (χ4v) is 0. The molecule has 0 aromatic rings. The minimum absolute atomic E-state index is 2.64. The zero-order valence-electron chi connectivity index (χ0n) is 2.12. The molecule has 0 saturated carbocycles. The van der Waals surface area contributed by atoms with Crippen molar-refractivity contribution >= 4 is 41.0 Å². The fourth-order valence-electron chi connectivity index (χ4n) is 0. The molecule has 0 aliphatic carbocycles. The first-order valence-corrected chi connectivity index (χ1v) is 5.53. The van der Waals surface area contributed by atoms with Gasteiger partial charge in [0.25, 0.3) is 0 Å². The van der Waals surface area contributed by atoms with Gasteiger partial charge < -0.3 is 29.4 Å². The number of hydrogen-bond acceptors (Lipinski definition) is 3. The molecule has 0 aromatic carbocycles. The van der Waals surface area contributed by atoms with E-state index in [9.17, 15) is 0 Å². The molecule has 1 nitrogen and oxygen atoms in total. The van der Waals surface area contributed by atoms with Crippen LogP contribution in [-0.4, -0.2) is 4.89 Å². The van der Waals surface area contributed by atoms with E-state index in [1.807, 2.05) is 0 Å². The maximum atomic E-state index is 8.08. The average molecular weight is 144 g/mol. The maximum absolute atomic E-state index is 8.08. The van der Waals surface area contributed by atoms with E-state index in [0.717, 1.165) is 0 Å². The largest absolute Gasteiger partial charge is 0.744 e. The molecule has 0 aromatic heterocycles. The lowest BCUT2D eigenvalue weighted by atomic mass is 15.9. The van der Waals surface area contributed by atoms with Crippen molar-refractivity contribution in [3.63, 3.8) is 0 Å². The van der Waals surface area contributed by atoms with Crippen LogP contribution in [0, 0.1) is 0 Å². The van der Waals surface area contributed by atoms with Gasteiger partial charge in [-0.25, -0.2) is 0 Å². The molecular formula is HOPS3-2. The third-order valence-electron chi connectivity index (χ3n) is 0. The van der Waals surface area contributed by atoms with Gasteiger partial charge in [0, 0.05) is 0 Å². The van der Waals surface area contributed by atoms with Gasteiger partial charge in [-0.15, -0.1) is 11.8 Å². The first kappa shape index (κ1) is 6.31. The highest BCUT2D eigenvalue weighted by Crippen LogP contribution is 2.32. The lowest BCUT2D eigenvalue weighted by molar-refractivity contribution is 0.654. The first-order chi connectivity index (χ1) is 2.00. The minimum atomic E-state index is -2.64. The van der Waals surface area contributed by atoms with Crippen molar-refractivity contribution in [2.45, 2.75) is 0 Å². The molecule has 0 fully saturated rings. The van der Waals surface area contributed by atoms with Crippen molar-refractivity contribution in [2.75, 3.05) is 0 Å². The molecule has 0 aliphatic rings. The van der Waals surface area contributed by atoms with Gasteiger partial charge in [-0.1, -0.05) is 0 Å². The van der Waals surface area contributed by atoms with Crippen molar-refractivity contribution in [3.8, 4) is 0 Å². The fraction of sp³-hybridized carbons (Fsp3) is 0. The van der Waals surface area contributed by atoms with E-state index in [1.165, 1.54) is 0 Å². The van der Waals surface area contributed by atoms with Gasteiger partial charge in [0.15, 0.2) is 0 Å². The van der Waals surface area contributed by atoms with Crippen LogP contribution in [0.4, 0.5) is 0 Å². The quantitative estimate of drug-likeness (QED) is 0.389. The summed E-state index contributed by atoms with van der Waals surface area (Å²) in [5.74, 6) is 0. The zero-order chi connectivity index (χ0) is 4.50. The topological polar surface area (TPSA) is 20.2 Å². The Labute approximate surface area is 46.2 Å². The van der Waals surface area contributed by atoms with Crippen molar-refractivity contribution < 1.29 is 4.89 Å². The highest BCUT2D eigenvalue weighted by atomic mass is 33.2. The summed E-state index contributed by atoms with van der Waals surface area (Å²) in [6.45, 7) is 0. The molecular weight excluding hydrogens is 143 g/mol. The molecule has 0 atom stereocenters. The van der Waals surface area contributed by atoms with Crippen LogP contribution < -0.4 is 0 Å². The van der Waals surface area contributed by atoms with Crippen LogP contribution in [0.5, 0.6) is 0 Å². The highest BCUT2D eigenvalue weighted by molar-refractivity contribution is 8.80. The van der Waals surface area contributed by atoms with Crippen LogP contribution in [0.3, 0.4) is 0 Å². The highest BCUT2D eigenvalue weighted by Gasteiger charge is 1.52. The van der Waals surface area contributed by atoms with E-state index in [4.69, 9.17) is 4.89 Å². The van der Waals surface area contributed by atoms with Gasteiger partial charge in [-0.3, -0.25) is 0 Å². The molecule has 5 heteroatoms. The van der Waals surface area contributed by atoms with Gasteiger partial charge in [0.1, 0.15) is 0 Å². The smallest absolute Gasteiger partial charge is 0.121 e. The van der Waals surface area contributed by atoms with E-state index in [1.54, 1.807) is 0 Å². The second-order valence-corrected chi connectivity index (χ2v) is 8.24. The van der Waals surface area contributed by atoms with Crippen molar-refractivity contribution in [1.29, 1.82) is 0 Å². The Kier molecular flexibility index (Phi) is 2.33. The molecule has 0 bridgehead atoms. The molecule has 5 heavy (non-hydrogen) atoms. The predicted octanol–water partition coefficient (Wildman–Crippen LogP) is 0.297. The Hall–Kier alpha value is 1.31. The lowest BCUT2D eigenvalue weighted by Gasteiger charge is -2.27. The van der Waals surface area contributed by atoms with Crippen LogP contribution >= 0.6 is 4.67 Å². The Morgan fingerprint density at radius 1 is 1.60 bits per heavy atom. The van der Waals surface area contributed by atoms with E-state index >= 15 is 0 Å². The zero-order valence-corrected chi connectivity index (χ0v) is 5.46. The van der Waals surface area contributed by atoms with Crippen molar-refractivity contribution in [3.05, 3.63) is 0 Å². The van der Waals surface area contributed by atoms with E-state index in [0.29, 0.717) is 0 Å². The molecule has 0 spiro atoms. The number of rotatable bonds is 0. The van der Waals surface area contributed by atoms with E-state index in [2.05, 4.69) is 36.3 Å². The summed E-state index contributed by atoms with van der Waals surface area (Å²) >= 11 is 12.4. The first-order valence-electron chi connectivity index (χ1n) is 0.748. The van der Waals surface area contributed by atoms with E-state index in [-0.39, 0.29) is 0 Å². The minimum Gasteiger partial charge on any atom is -0.744 e. The molecule has 0 amide bonds. The van der Waals surface area contributed by atoms with Crippen molar-refractivity contribution in [2.24, 2.45) is 0 Å². The molecule has 0 unspecified atom stereocenters. The molecule has 1 N–H and O–H groups in total. The van der Waals surface area contributed by atoms with Crippen molar-refractivity contribution in [1.82, 2.24) is 0 Å². The SMILES string of the molecule is OP(=S)([S-])[S-]. The standard InChI is InChI=1S/H3OPS3/c1-2(3,4)5/h(H3,1,3,4,5)/p-2. The second kappa shape index (κ2) is 1.85. The van der Waals surface area contributed by atoms with Gasteiger partial charge in [-0.05, 0) is 0 Å². The van der Waals surface area contributed by atoms with Gasteiger partial charge in [0.2, 0.25) is 0 Å². The van der Waals surface area contributed by atoms with Gasteiger partial charge in [-0.2, -0.15) is 4.67 Å². The summed E-state index contributed by atoms with van der Waals surface area (Å²) < 4.78 is -2.64. The Morgan fingerprint density at radius 2 is 1.60 bits per heavy atom. The van der Waals surface area contributed by atoms with Crippen LogP contribution in [-0.2, 0) is 36.3 Å². The third-order valence-corrected chi connectivity index (χ3v) is 0. The summed E-state index contributed by atoms with van der Waals surface area (Å²) in [6, 6.07) is 0. The molecule has 0 heterocycles. The van der Waals surface area contributed by atoms with Crippen LogP contribution in [0.15, 0.2) is 0 Å². The lowest BCUT2D eigenvalue weighted by Crippen LogP contribution is -1.55. The molecule has 0 radical (unpaired) electrons. The Bertz CT molecular complexity index is 53.0. The van der Waals surface area contributed by atoms with Crippen LogP contribution in [0.25, 0.3) is 0 Å². The summed E-state index contributed by atoms with van der Waals surface area (Å²) in [4.78, 5) is 8.08. The molecule has 0 saturated heterocycles. The van der Waals surface area contributed by atoms with Crippen LogP contribution in [0.2, 0.25) is 0 Å². The molecule has 0 rings (SSSR count). The Morgan fingerprint density at radius 3 is 1.60 bits per heavy atom. The third kappa shape index (κ3) is 33.9. The average Bonchev–Trinajstić information content (AvgIpc) is 0.722. The van der Waals surface area contributed by atoms with Gasteiger partial charge >= 0.3 is 0 Å². The monoisotopic (exact) mass is 144 g/mol. The predicted molar refractivity (Wildman–Crippen MR) is 31.2 cm³/mol. The summed E-state index contributed by atoms with van der Waals surface area (Å²) in [7, 11) is 0.